The summed E-state index contributed by atoms with van der Waals surface area (Å²) >= 11 is 0. The zero-order valence-electron chi connectivity index (χ0n) is 9.97. The third-order valence-electron chi connectivity index (χ3n) is 2.51. The van der Waals surface area contributed by atoms with E-state index in [-0.39, 0.29) is 0 Å². The first kappa shape index (κ1) is 13.7. The van der Waals surface area contributed by atoms with Gasteiger partial charge in [0.25, 0.3) is 0 Å². The van der Waals surface area contributed by atoms with Gasteiger partial charge in [0.15, 0.2) is 0 Å². The molecule has 1 heteroatoms. The van der Waals surface area contributed by atoms with Crippen molar-refractivity contribution in [2.24, 2.45) is 5.73 Å². The smallest absolute Gasteiger partial charge is 0.0223 e. The van der Waals surface area contributed by atoms with Crippen LogP contribution in [-0.2, 0) is 0 Å². The molecule has 0 bridgehead atoms. The fraction of sp³-hybridized carbons (Fsp3) is 0.846. The summed E-state index contributed by atoms with van der Waals surface area (Å²) in [6.07, 6.45) is 14.7. The van der Waals surface area contributed by atoms with E-state index >= 15 is 0 Å². The van der Waals surface area contributed by atoms with Crippen LogP contribution in [0.25, 0.3) is 0 Å². The Labute approximate surface area is 89.8 Å². The Morgan fingerprint density at radius 1 is 1.00 bits per heavy atom. The van der Waals surface area contributed by atoms with Crippen molar-refractivity contribution in [3.05, 3.63) is 12.2 Å². The first-order chi connectivity index (χ1) is 6.81. The second-order valence-corrected chi connectivity index (χ2v) is 4.06. The van der Waals surface area contributed by atoms with Crippen LogP contribution in [0.3, 0.4) is 0 Å². The van der Waals surface area contributed by atoms with Crippen molar-refractivity contribution in [1.29, 1.82) is 0 Å². The molecule has 1 nitrogen and oxygen atoms in total. The molecule has 0 rings (SSSR count). The average Bonchev–Trinajstić information content (AvgIpc) is 2.20. The highest BCUT2D eigenvalue weighted by Crippen LogP contribution is 2.08. The van der Waals surface area contributed by atoms with Gasteiger partial charge in [0, 0.05) is 6.04 Å². The topological polar surface area (TPSA) is 26.0 Å². The zero-order chi connectivity index (χ0) is 10.6. The minimum atomic E-state index is 0.293. The summed E-state index contributed by atoms with van der Waals surface area (Å²) in [5.74, 6) is 0. The van der Waals surface area contributed by atoms with E-state index in [4.69, 9.17) is 5.73 Å². The van der Waals surface area contributed by atoms with Gasteiger partial charge < -0.3 is 5.73 Å². The molecule has 0 amide bonds. The number of rotatable bonds is 9. The van der Waals surface area contributed by atoms with E-state index in [1.807, 2.05) is 0 Å². The van der Waals surface area contributed by atoms with Crippen molar-refractivity contribution in [2.75, 3.05) is 0 Å². The predicted molar refractivity (Wildman–Crippen MR) is 65.4 cm³/mol. The first-order valence-electron chi connectivity index (χ1n) is 6.23. The van der Waals surface area contributed by atoms with E-state index in [0.29, 0.717) is 6.04 Å². The Hall–Kier alpha value is -0.300. The molecule has 0 fully saturated rings. The van der Waals surface area contributed by atoms with Gasteiger partial charge in [-0.15, -0.1) is 0 Å². The monoisotopic (exact) mass is 197 g/mol. The molecule has 0 aromatic heterocycles. The number of nitrogens with two attached hydrogens (primary N) is 1. The Bertz CT molecular complexity index is 129. The molecule has 0 heterocycles. The van der Waals surface area contributed by atoms with E-state index in [9.17, 15) is 0 Å². The SMILES string of the molecule is CC/C=C\C(N)CCCCCCCC. The van der Waals surface area contributed by atoms with Crippen LogP contribution in [0.4, 0.5) is 0 Å². The first-order valence-corrected chi connectivity index (χ1v) is 6.23. The van der Waals surface area contributed by atoms with Crippen LogP contribution in [0.5, 0.6) is 0 Å². The maximum absolute atomic E-state index is 5.91. The third-order valence-corrected chi connectivity index (χ3v) is 2.51. The van der Waals surface area contributed by atoms with E-state index in [1.54, 1.807) is 0 Å². The molecular formula is C13H27N. The Balaban J connectivity index is 3.14. The fourth-order valence-corrected chi connectivity index (χ4v) is 1.57. The van der Waals surface area contributed by atoms with Gasteiger partial charge in [-0.05, 0) is 12.8 Å². The molecule has 0 aliphatic heterocycles. The van der Waals surface area contributed by atoms with Gasteiger partial charge in [0.05, 0.1) is 0 Å². The molecule has 1 atom stereocenters. The summed E-state index contributed by atoms with van der Waals surface area (Å²) < 4.78 is 0. The molecule has 2 N–H and O–H groups in total. The highest BCUT2D eigenvalue weighted by molar-refractivity contribution is 4.90. The Morgan fingerprint density at radius 3 is 2.29 bits per heavy atom. The number of hydrogen-bond acceptors (Lipinski definition) is 1. The van der Waals surface area contributed by atoms with Crippen LogP contribution in [0, 0.1) is 0 Å². The van der Waals surface area contributed by atoms with Crippen molar-refractivity contribution in [2.45, 2.75) is 71.3 Å². The molecule has 0 spiro atoms. The maximum Gasteiger partial charge on any atom is 0.0223 e. The van der Waals surface area contributed by atoms with Crippen molar-refractivity contribution in [3.63, 3.8) is 0 Å². The highest BCUT2D eigenvalue weighted by atomic mass is 14.6. The minimum absolute atomic E-state index is 0.293. The van der Waals surface area contributed by atoms with E-state index in [2.05, 4.69) is 26.0 Å². The van der Waals surface area contributed by atoms with E-state index in [1.165, 1.54) is 38.5 Å². The summed E-state index contributed by atoms with van der Waals surface area (Å²) in [4.78, 5) is 0. The second kappa shape index (κ2) is 10.8. The van der Waals surface area contributed by atoms with Crippen molar-refractivity contribution >= 4 is 0 Å². The van der Waals surface area contributed by atoms with Gasteiger partial charge in [-0.3, -0.25) is 0 Å². The summed E-state index contributed by atoms with van der Waals surface area (Å²) in [5.41, 5.74) is 5.91. The van der Waals surface area contributed by atoms with Crippen LogP contribution in [0.2, 0.25) is 0 Å². The molecule has 0 radical (unpaired) electrons. The van der Waals surface area contributed by atoms with Gasteiger partial charge in [0.1, 0.15) is 0 Å². The van der Waals surface area contributed by atoms with Gasteiger partial charge in [-0.25, -0.2) is 0 Å². The molecule has 0 aliphatic rings. The lowest BCUT2D eigenvalue weighted by atomic mass is 10.1. The van der Waals surface area contributed by atoms with Crippen LogP contribution < -0.4 is 5.73 Å². The fourth-order valence-electron chi connectivity index (χ4n) is 1.57. The van der Waals surface area contributed by atoms with Gasteiger partial charge >= 0.3 is 0 Å². The van der Waals surface area contributed by atoms with Crippen LogP contribution in [0.15, 0.2) is 12.2 Å². The molecule has 14 heavy (non-hydrogen) atoms. The molecule has 0 saturated heterocycles. The van der Waals surface area contributed by atoms with Crippen LogP contribution in [-0.4, -0.2) is 6.04 Å². The number of hydrogen-bond donors (Lipinski definition) is 1. The molecule has 0 aliphatic carbocycles. The lowest BCUT2D eigenvalue weighted by molar-refractivity contribution is 0.570. The quantitative estimate of drug-likeness (QED) is 0.438. The third kappa shape index (κ3) is 9.79. The minimum Gasteiger partial charge on any atom is -0.324 e. The van der Waals surface area contributed by atoms with Crippen LogP contribution >= 0.6 is 0 Å². The summed E-state index contributed by atoms with van der Waals surface area (Å²) in [7, 11) is 0. The van der Waals surface area contributed by atoms with E-state index < -0.39 is 0 Å². The molecule has 1 unspecified atom stereocenters. The normalized spacial score (nSPS) is 13.6. The Morgan fingerprint density at radius 2 is 1.64 bits per heavy atom. The molecular weight excluding hydrogens is 170 g/mol. The highest BCUT2D eigenvalue weighted by Gasteiger charge is 1.96. The molecule has 0 aromatic carbocycles. The summed E-state index contributed by atoms with van der Waals surface area (Å²) in [6.45, 7) is 4.40. The lowest BCUT2D eigenvalue weighted by Gasteiger charge is -2.05. The molecule has 0 saturated carbocycles. The van der Waals surface area contributed by atoms with Crippen molar-refractivity contribution < 1.29 is 0 Å². The summed E-state index contributed by atoms with van der Waals surface area (Å²) in [6, 6.07) is 0.293. The van der Waals surface area contributed by atoms with Crippen LogP contribution in [0.1, 0.15) is 65.2 Å². The summed E-state index contributed by atoms with van der Waals surface area (Å²) in [5, 5.41) is 0. The van der Waals surface area contributed by atoms with Gasteiger partial charge in [-0.2, -0.15) is 0 Å². The maximum atomic E-state index is 5.91. The largest absolute Gasteiger partial charge is 0.324 e. The lowest BCUT2D eigenvalue weighted by Crippen LogP contribution is -2.16. The number of unbranched alkanes of at least 4 members (excludes halogenated alkanes) is 5. The Kier molecular flexibility index (Phi) is 10.5. The van der Waals surface area contributed by atoms with Crippen molar-refractivity contribution in [1.82, 2.24) is 0 Å². The second-order valence-electron chi connectivity index (χ2n) is 4.06. The standard InChI is InChI=1S/C13H27N/c1-3-5-7-8-9-10-12-13(14)11-6-4-2/h6,11,13H,3-5,7-10,12,14H2,1-2H3/b11-6-. The van der Waals surface area contributed by atoms with Crippen molar-refractivity contribution in [3.8, 4) is 0 Å². The zero-order valence-corrected chi connectivity index (χ0v) is 9.97. The molecule has 84 valence electrons. The number of allylic oxidation sites excluding steroid dienone is 1. The van der Waals surface area contributed by atoms with Gasteiger partial charge in [-0.1, -0.05) is 64.5 Å². The predicted octanol–water partition coefficient (Wildman–Crippen LogP) is 4.03. The average molecular weight is 197 g/mol. The van der Waals surface area contributed by atoms with E-state index in [0.717, 1.165) is 12.8 Å². The molecule has 0 aromatic rings. The van der Waals surface area contributed by atoms with Gasteiger partial charge in [0.2, 0.25) is 0 Å².